The second kappa shape index (κ2) is 9.02. The van der Waals surface area contributed by atoms with Crippen LogP contribution in [0.4, 0.5) is 0 Å². The van der Waals surface area contributed by atoms with Crippen LogP contribution in [0.25, 0.3) is 11.1 Å². The van der Waals surface area contributed by atoms with Crippen molar-refractivity contribution in [3.63, 3.8) is 0 Å². The predicted molar refractivity (Wildman–Crippen MR) is 102 cm³/mol. The van der Waals surface area contributed by atoms with E-state index in [2.05, 4.69) is 10.3 Å². The van der Waals surface area contributed by atoms with Gasteiger partial charge in [-0.25, -0.2) is 0 Å². The van der Waals surface area contributed by atoms with Crippen molar-refractivity contribution in [1.82, 2.24) is 10.3 Å². The van der Waals surface area contributed by atoms with Crippen LogP contribution in [0.5, 0.6) is 0 Å². The first-order valence-electron chi connectivity index (χ1n) is 7.71. The van der Waals surface area contributed by atoms with Gasteiger partial charge in [-0.3, -0.25) is 9.78 Å². The molecular weight excluding hydrogens is 345 g/mol. The van der Waals surface area contributed by atoms with E-state index in [9.17, 15) is 4.79 Å². The van der Waals surface area contributed by atoms with Crippen molar-refractivity contribution < 1.29 is 4.79 Å². The molecular formula is C18H23Cl2N3O. The van der Waals surface area contributed by atoms with E-state index in [1.807, 2.05) is 43.5 Å². The molecule has 1 aliphatic rings. The number of nitrogens with one attached hydrogen (secondary N) is 1. The molecule has 0 spiro atoms. The Morgan fingerprint density at radius 2 is 1.88 bits per heavy atom. The number of aryl methyl sites for hydroxylation is 1. The average molecular weight is 368 g/mol. The van der Waals surface area contributed by atoms with Crippen LogP contribution in [-0.4, -0.2) is 23.0 Å². The minimum Gasteiger partial charge on any atom is -0.349 e. The molecule has 1 amide bonds. The first kappa shape index (κ1) is 20.4. The number of halogens is 2. The SMILES string of the molecule is Cc1cnccc1-c1ccc(C(=O)N[C@H]2CC[C@@H](N)C2)cc1.Cl.Cl. The number of hydrogen-bond donors (Lipinski definition) is 2. The Kier molecular flexibility index (Phi) is 7.67. The van der Waals surface area contributed by atoms with Crippen LogP contribution >= 0.6 is 24.8 Å². The maximum absolute atomic E-state index is 12.3. The van der Waals surface area contributed by atoms with Gasteiger partial charge in [-0.15, -0.1) is 24.8 Å². The lowest BCUT2D eigenvalue weighted by atomic mass is 10.0. The predicted octanol–water partition coefficient (Wildman–Crippen LogP) is 3.51. The van der Waals surface area contributed by atoms with E-state index in [-0.39, 0.29) is 42.8 Å². The number of nitrogens with zero attached hydrogens (tertiary/aromatic N) is 1. The number of aromatic nitrogens is 1. The van der Waals surface area contributed by atoms with Gasteiger partial charge in [-0.05, 0) is 61.1 Å². The third kappa shape index (κ3) is 4.69. The molecule has 0 saturated heterocycles. The summed E-state index contributed by atoms with van der Waals surface area (Å²) < 4.78 is 0. The maximum Gasteiger partial charge on any atom is 0.251 e. The summed E-state index contributed by atoms with van der Waals surface area (Å²) in [6.45, 7) is 2.03. The van der Waals surface area contributed by atoms with Crippen LogP contribution in [0.2, 0.25) is 0 Å². The zero-order chi connectivity index (χ0) is 15.5. The van der Waals surface area contributed by atoms with Gasteiger partial charge in [0, 0.05) is 30.0 Å². The monoisotopic (exact) mass is 367 g/mol. The lowest BCUT2D eigenvalue weighted by Crippen LogP contribution is -2.33. The van der Waals surface area contributed by atoms with E-state index in [0.29, 0.717) is 5.56 Å². The van der Waals surface area contributed by atoms with Gasteiger partial charge in [-0.1, -0.05) is 12.1 Å². The Balaban J connectivity index is 0.00000144. The molecule has 0 unspecified atom stereocenters. The topological polar surface area (TPSA) is 68.0 Å². The summed E-state index contributed by atoms with van der Waals surface area (Å²) in [6.07, 6.45) is 6.47. The smallest absolute Gasteiger partial charge is 0.251 e. The molecule has 3 N–H and O–H groups in total. The molecule has 2 aromatic rings. The first-order chi connectivity index (χ1) is 10.6. The van der Waals surface area contributed by atoms with E-state index in [1.165, 1.54) is 0 Å². The molecule has 1 aliphatic carbocycles. The molecule has 4 nitrogen and oxygen atoms in total. The van der Waals surface area contributed by atoms with Crippen LogP contribution in [0.1, 0.15) is 35.2 Å². The van der Waals surface area contributed by atoms with E-state index in [0.717, 1.165) is 36.0 Å². The van der Waals surface area contributed by atoms with Crippen molar-refractivity contribution in [2.75, 3.05) is 0 Å². The summed E-state index contributed by atoms with van der Waals surface area (Å²) >= 11 is 0. The van der Waals surface area contributed by atoms with Gasteiger partial charge in [0.05, 0.1) is 0 Å². The fourth-order valence-electron chi connectivity index (χ4n) is 3.01. The molecule has 0 aliphatic heterocycles. The number of amides is 1. The van der Waals surface area contributed by atoms with Crippen LogP contribution in [0.15, 0.2) is 42.7 Å². The van der Waals surface area contributed by atoms with Crippen molar-refractivity contribution in [2.45, 2.75) is 38.3 Å². The van der Waals surface area contributed by atoms with Crippen LogP contribution in [0, 0.1) is 6.92 Å². The Labute approximate surface area is 155 Å². The van der Waals surface area contributed by atoms with Crippen LogP contribution in [-0.2, 0) is 0 Å². The Morgan fingerprint density at radius 3 is 2.46 bits per heavy atom. The number of nitrogens with two attached hydrogens (primary N) is 1. The molecule has 6 heteroatoms. The Bertz CT molecular complexity index is 676. The molecule has 1 heterocycles. The lowest BCUT2D eigenvalue weighted by Gasteiger charge is -2.13. The van der Waals surface area contributed by atoms with E-state index >= 15 is 0 Å². The Morgan fingerprint density at radius 1 is 1.17 bits per heavy atom. The maximum atomic E-state index is 12.3. The highest BCUT2D eigenvalue weighted by Gasteiger charge is 2.23. The van der Waals surface area contributed by atoms with E-state index in [1.54, 1.807) is 6.20 Å². The van der Waals surface area contributed by atoms with Crippen molar-refractivity contribution in [3.05, 3.63) is 53.9 Å². The summed E-state index contributed by atoms with van der Waals surface area (Å²) in [7, 11) is 0. The second-order valence-corrected chi connectivity index (χ2v) is 6.01. The number of benzene rings is 1. The van der Waals surface area contributed by atoms with Gasteiger partial charge < -0.3 is 11.1 Å². The molecule has 1 saturated carbocycles. The minimum absolute atomic E-state index is 0. The standard InChI is InChI=1S/C18H21N3O.2ClH/c1-12-11-20-9-8-17(12)13-2-4-14(5-3-13)18(22)21-16-7-6-15(19)10-16;;/h2-5,8-9,11,15-16H,6-7,10,19H2,1H3,(H,21,22);2*1H/t15-,16+;;/m1../s1. The highest BCUT2D eigenvalue weighted by Crippen LogP contribution is 2.23. The Hall–Kier alpha value is -1.62. The molecule has 1 fully saturated rings. The van der Waals surface area contributed by atoms with Gasteiger partial charge in [0.15, 0.2) is 0 Å². The molecule has 0 bridgehead atoms. The summed E-state index contributed by atoms with van der Waals surface area (Å²) in [4.78, 5) is 16.4. The number of pyridine rings is 1. The third-order valence-electron chi connectivity index (χ3n) is 4.29. The van der Waals surface area contributed by atoms with Crippen LogP contribution < -0.4 is 11.1 Å². The van der Waals surface area contributed by atoms with Gasteiger partial charge in [0.1, 0.15) is 0 Å². The molecule has 2 atom stereocenters. The quantitative estimate of drug-likeness (QED) is 0.871. The lowest BCUT2D eigenvalue weighted by molar-refractivity contribution is 0.0937. The van der Waals surface area contributed by atoms with Gasteiger partial charge in [-0.2, -0.15) is 0 Å². The fraction of sp³-hybridized carbons (Fsp3) is 0.333. The molecule has 1 aromatic heterocycles. The fourth-order valence-corrected chi connectivity index (χ4v) is 3.01. The summed E-state index contributed by atoms with van der Waals surface area (Å²) in [6, 6.07) is 10.1. The number of carbonyl (C=O) groups excluding carboxylic acids is 1. The molecule has 1 aromatic carbocycles. The second-order valence-electron chi connectivity index (χ2n) is 6.01. The molecule has 3 rings (SSSR count). The average Bonchev–Trinajstić information content (AvgIpc) is 2.93. The number of hydrogen-bond acceptors (Lipinski definition) is 3. The minimum atomic E-state index is -0.0166. The van der Waals surface area contributed by atoms with Crippen molar-refractivity contribution in [2.24, 2.45) is 5.73 Å². The summed E-state index contributed by atoms with van der Waals surface area (Å²) in [5.74, 6) is -0.0166. The number of carbonyl (C=O) groups is 1. The zero-order valence-electron chi connectivity index (χ0n) is 13.6. The highest BCUT2D eigenvalue weighted by atomic mass is 35.5. The largest absolute Gasteiger partial charge is 0.349 e. The van der Waals surface area contributed by atoms with Crippen molar-refractivity contribution in [3.8, 4) is 11.1 Å². The molecule has 0 radical (unpaired) electrons. The zero-order valence-corrected chi connectivity index (χ0v) is 15.2. The van der Waals surface area contributed by atoms with Gasteiger partial charge in [0.2, 0.25) is 0 Å². The molecule has 130 valence electrons. The van der Waals surface area contributed by atoms with Crippen LogP contribution in [0.3, 0.4) is 0 Å². The first-order valence-corrected chi connectivity index (χ1v) is 7.71. The van der Waals surface area contributed by atoms with Crippen molar-refractivity contribution >= 4 is 30.7 Å². The highest BCUT2D eigenvalue weighted by molar-refractivity contribution is 5.95. The van der Waals surface area contributed by atoms with E-state index in [4.69, 9.17) is 5.73 Å². The third-order valence-corrected chi connectivity index (χ3v) is 4.29. The normalized spacial score (nSPS) is 19.1. The number of rotatable bonds is 3. The summed E-state index contributed by atoms with van der Waals surface area (Å²) in [5.41, 5.74) is 9.94. The van der Waals surface area contributed by atoms with Gasteiger partial charge in [0.25, 0.3) is 5.91 Å². The van der Waals surface area contributed by atoms with Crippen molar-refractivity contribution in [1.29, 1.82) is 0 Å². The molecule has 24 heavy (non-hydrogen) atoms. The van der Waals surface area contributed by atoms with Gasteiger partial charge >= 0.3 is 0 Å². The van der Waals surface area contributed by atoms with E-state index < -0.39 is 0 Å². The summed E-state index contributed by atoms with van der Waals surface area (Å²) in [5, 5.41) is 3.07.